The third-order valence-corrected chi connectivity index (χ3v) is 4.72. The Morgan fingerprint density at radius 3 is 2.33 bits per heavy atom. The quantitative estimate of drug-likeness (QED) is 0.850. The first kappa shape index (κ1) is 18.9. The monoisotopic (exact) mass is 363 g/mol. The largest absolute Gasteiger partial charge is 0.332 e. The molecule has 27 heavy (non-hydrogen) atoms. The van der Waals surface area contributed by atoms with Crippen molar-refractivity contribution in [2.45, 2.75) is 6.92 Å². The molecular formula is C22H25N3O2. The van der Waals surface area contributed by atoms with Crippen molar-refractivity contribution in [2.24, 2.45) is 0 Å². The number of aryl methyl sites for hydroxylation is 1. The van der Waals surface area contributed by atoms with Crippen molar-refractivity contribution in [2.75, 3.05) is 38.0 Å². The summed E-state index contributed by atoms with van der Waals surface area (Å²) in [5.41, 5.74) is 2.80. The van der Waals surface area contributed by atoms with E-state index in [9.17, 15) is 9.59 Å². The summed E-state index contributed by atoms with van der Waals surface area (Å²) in [6, 6.07) is 17.6. The van der Waals surface area contributed by atoms with Crippen LogP contribution >= 0.6 is 0 Å². The Kier molecular flexibility index (Phi) is 6.39. The van der Waals surface area contributed by atoms with Crippen LogP contribution < -0.4 is 5.32 Å². The highest BCUT2D eigenvalue weighted by molar-refractivity contribution is 6.39. The van der Waals surface area contributed by atoms with E-state index in [1.807, 2.05) is 43.3 Å². The van der Waals surface area contributed by atoms with Gasteiger partial charge >= 0.3 is 11.8 Å². The molecule has 5 heteroatoms. The minimum atomic E-state index is -0.568. The number of benzene rings is 2. The van der Waals surface area contributed by atoms with Crippen LogP contribution in [0.1, 0.15) is 11.1 Å². The third-order valence-electron chi connectivity index (χ3n) is 4.72. The molecule has 0 radical (unpaired) electrons. The molecule has 1 aliphatic heterocycles. The minimum absolute atomic E-state index is 0.460. The van der Waals surface area contributed by atoms with Gasteiger partial charge < -0.3 is 10.2 Å². The van der Waals surface area contributed by atoms with Crippen LogP contribution in [-0.2, 0) is 9.59 Å². The van der Waals surface area contributed by atoms with Gasteiger partial charge in [-0.15, -0.1) is 0 Å². The first-order valence-electron chi connectivity index (χ1n) is 9.23. The fourth-order valence-electron chi connectivity index (χ4n) is 3.07. The molecule has 1 saturated heterocycles. The lowest BCUT2D eigenvalue weighted by molar-refractivity contribution is -0.144. The van der Waals surface area contributed by atoms with Crippen molar-refractivity contribution in [1.82, 2.24) is 9.80 Å². The molecule has 2 aromatic carbocycles. The Morgan fingerprint density at radius 2 is 1.63 bits per heavy atom. The summed E-state index contributed by atoms with van der Waals surface area (Å²) in [5.74, 6) is -1.03. The van der Waals surface area contributed by atoms with Crippen LogP contribution in [-0.4, -0.2) is 54.3 Å². The zero-order valence-electron chi connectivity index (χ0n) is 15.6. The number of rotatable bonds is 4. The normalized spacial score (nSPS) is 15.1. The predicted octanol–water partition coefficient (Wildman–Crippen LogP) is 2.79. The molecular weight excluding hydrogens is 338 g/mol. The number of hydrogen-bond donors (Lipinski definition) is 1. The number of para-hydroxylation sites is 1. The van der Waals surface area contributed by atoms with Crippen molar-refractivity contribution < 1.29 is 9.59 Å². The molecule has 5 nitrogen and oxygen atoms in total. The SMILES string of the molecule is Cc1ccccc1NC(=O)C(=O)N1CCN(C/C=C/c2ccccc2)CC1. The van der Waals surface area contributed by atoms with Crippen molar-refractivity contribution in [3.63, 3.8) is 0 Å². The van der Waals surface area contributed by atoms with E-state index in [1.165, 1.54) is 5.56 Å². The van der Waals surface area contributed by atoms with E-state index in [0.29, 0.717) is 18.8 Å². The number of carbonyl (C=O) groups excluding carboxylic acids is 2. The van der Waals surface area contributed by atoms with E-state index in [2.05, 4.69) is 34.5 Å². The number of hydrogen-bond acceptors (Lipinski definition) is 3. The zero-order chi connectivity index (χ0) is 19.1. The summed E-state index contributed by atoms with van der Waals surface area (Å²) in [6.45, 7) is 5.41. The lowest BCUT2D eigenvalue weighted by atomic mass is 10.2. The van der Waals surface area contributed by atoms with Crippen molar-refractivity contribution in [3.8, 4) is 0 Å². The van der Waals surface area contributed by atoms with E-state index < -0.39 is 11.8 Å². The molecule has 3 rings (SSSR count). The maximum Gasteiger partial charge on any atom is 0.313 e. The van der Waals surface area contributed by atoms with Gasteiger partial charge in [-0.2, -0.15) is 0 Å². The number of anilines is 1. The second-order valence-corrected chi connectivity index (χ2v) is 6.67. The topological polar surface area (TPSA) is 52.7 Å². The van der Waals surface area contributed by atoms with Crippen LogP contribution in [0.2, 0.25) is 0 Å². The molecule has 1 heterocycles. The number of amides is 2. The second kappa shape index (κ2) is 9.14. The molecule has 0 aliphatic carbocycles. The number of nitrogens with zero attached hydrogens (tertiary/aromatic N) is 2. The van der Waals surface area contributed by atoms with Gasteiger partial charge in [-0.1, -0.05) is 60.7 Å². The lowest BCUT2D eigenvalue weighted by Crippen LogP contribution is -2.51. The Labute approximate surface area is 160 Å². The number of carbonyl (C=O) groups is 2. The Morgan fingerprint density at radius 1 is 0.963 bits per heavy atom. The van der Waals surface area contributed by atoms with Crippen LogP contribution in [0.25, 0.3) is 6.08 Å². The van der Waals surface area contributed by atoms with E-state index in [0.717, 1.165) is 25.2 Å². The van der Waals surface area contributed by atoms with E-state index >= 15 is 0 Å². The van der Waals surface area contributed by atoms with Gasteiger partial charge in [-0.25, -0.2) is 0 Å². The third kappa shape index (κ3) is 5.28. The predicted molar refractivity (Wildman–Crippen MR) is 108 cm³/mol. The molecule has 0 spiro atoms. The van der Waals surface area contributed by atoms with E-state index in [4.69, 9.17) is 0 Å². The maximum absolute atomic E-state index is 12.4. The molecule has 1 aliphatic rings. The van der Waals surface area contributed by atoms with E-state index in [1.54, 1.807) is 11.0 Å². The molecule has 1 fully saturated rings. The summed E-state index contributed by atoms with van der Waals surface area (Å²) >= 11 is 0. The van der Waals surface area contributed by atoms with Crippen LogP contribution in [0.3, 0.4) is 0 Å². The van der Waals surface area contributed by atoms with Crippen molar-refractivity contribution in [3.05, 3.63) is 71.8 Å². The Hall–Kier alpha value is -2.92. The molecule has 0 unspecified atom stereocenters. The van der Waals surface area contributed by atoms with Gasteiger partial charge in [0.15, 0.2) is 0 Å². The molecule has 2 amide bonds. The van der Waals surface area contributed by atoms with Crippen molar-refractivity contribution in [1.29, 1.82) is 0 Å². The van der Waals surface area contributed by atoms with Gasteiger partial charge in [0.2, 0.25) is 0 Å². The van der Waals surface area contributed by atoms with Crippen LogP contribution in [0.15, 0.2) is 60.7 Å². The minimum Gasteiger partial charge on any atom is -0.332 e. The summed E-state index contributed by atoms with van der Waals surface area (Å²) < 4.78 is 0. The molecule has 140 valence electrons. The van der Waals surface area contributed by atoms with Gasteiger partial charge in [-0.3, -0.25) is 14.5 Å². The van der Waals surface area contributed by atoms with Gasteiger partial charge in [0, 0.05) is 38.4 Å². The molecule has 0 atom stereocenters. The fourth-order valence-corrected chi connectivity index (χ4v) is 3.07. The zero-order valence-corrected chi connectivity index (χ0v) is 15.6. The van der Waals surface area contributed by atoms with Gasteiger partial charge in [0.05, 0.1) is 0 Å². The smallest absolute Gasteiger partial charge is 0.313 e. The van der Waals surface area contributed by atoms with Crippen LogP contribution in [0.5, 0.6) is 0 Å². The van der Waals surface area contributed by atoms with Crippen molar-refractivity contribution >= 4 is 23.6 Å². The standard InChI is InChI=1S/C22H25N3O2/c1-18-8-5-6-12-20(18)23-21(26)22(27)25-16-14-24(15-17-25)13-7-11-19-9-3-2-4-10-19/h2-12H,13-17H2,1H3,(H,23,26)/b11-7+. The number of nitrogens with one attached hydrogen (secondary N) is 1. The van der Waals surface area contributed by atoms with Crippen LogP contribution in [0.4, 0.5) is 5.69 Å². The maximum atomic E-state index is 12.4. The highest BCUT2D eigenvalue weighted by Crippen LogP contribution is 2.13. The number of piperazine rings is 1. The average Bonchev–Trinajstić information content (AvgIpc) is 2.70. The summed E-state index contributed by atoms with van der Waals surface area (Å²) in [6.07, 6.45) is 4.24. The Balaban J connectivity index is 1.45. The summed E-state index contributed by atoms with van der Waals surface area (Å²) in [5, 5.41) is 2.72. The van der Waals surface area contributed by atoms with E-state index in [-0.39, 0.29) is 0 Å². The van der Waals surface area contributed by atoms with Gasteiger partial charge in [-0.05, 0) is 24.1 Å². The van der Waals surface area contributed by atoms with Gasteiger partial charge in [0.25, 0.3) is 0 Å². The second-order valence-electron chi connectivity index (χ2n) is 6.67. The molecule has 1 N–H and O–H groups in total. The highest BCUT2D eigenvalue weighted by atomic mass is 16.2. The van der Waals surface area contributed by atoms with Crippen LogP contribution in [0, 0.1) is 6.92 Å². The fraction of sp³-hybridized carbons (Fsp3) is 0.273. The molecule has 0 aromatic heterocycles. The first-order valence-corrected chi connectivity index (χ1v) is 9.23. The first-order chi connectivity index (χ1) is 13.1. The Bertz CT molecular complexity index is 809. The highest BCUT2D eigenvalue weighted by Gasteiger charge is 2.25. The van der Waals surface area contributed by atoms with Gasteiger partial charge in [0.1, 0.15) is 0 Å². The summed E-state index contributed by atoms with van der Waals surface area (Å²) in [4.78, 5) is 28.6. The lowest BCUT2D eigenvalue weighted by Gasteiger charge is -2.33. The molecule has 2 aromatic rings. The average molecular weight is 363 g/mol. The molecule has 0 saturated carbocycles. The molecule has 0 bridgehead atoms. The summed E-state index contributed by atoms with van der Waals surface area (Å²) in [7, 11) is 0.